The molecule has 0 bridgehead atoms. The van der Waals surface area contributed by atoms with Crippen LogP contribution < -0.4 is 39.4 Å². The third kappa shape index (κ3) is 5.18. The zero-order valence-corrected chi connectivity index (χ0v) is 23.2. The van der Waals surface area contributed by atoms with Crippen molar-refractivity contribution in [2.75, 3.05) is 11.0 Å². The number of halogens is 1. The zero-order valence-electron chi connectivity index (χ0n) is 17.9. The molecule has 2 heterocycles. The van der Waals surface area contributed by atoms with Gasteiger partial charge in [-0.1, -0.05) is 11.6 Å². The fraction of sp³-hybridized carbons (Fsp3) is 0.100. The van der Waals surface area contributed by atoms with Crippen molar-refractivity contribution < 1.29 is 60.7 Å². The Morgan fingerprint density at radius 3 is 2.47 bits per heavy atom. The van der Waals surface area contributed by atoms with E-state index in [4.69, 9.17) is 16.0 Å². The number of aryl methyl sites for hydroxylation is 1. The van der Waals surface area contributed by atoms with Crippen LogP contribution in [-0.2, 0) is 19.9 Å². The Kier molecular flexibility index (Phi) is 7.54. The van der Waals surface area contributed by atoms with Gasteiger partial charge in [0.25, 0.3) is 10.0 Å². The molecule has 2 aromatic heterocycles. The first-order valence-electron chi connectivity index (χ1n) is 9.09. The summed E-state index contributed by atoms with van der Waals surface area (Å²) in [6, 6.07) is 8.77. The summed E-state index contributed by atoms with van der Waals surface area (Å²) in [6.45, 7) is 1.64. The van der Waals surface area contributed by atoms with Crippen LogP contribution >= 0.6 is 22.9 Å². The Hall–Kier alpha value is -1.93. The van der Waals surface area contributed by atoms with E-state index in [2.05, 4.69) is 9.71 Å². The molecule has 0 atom stereocenters. The fourth-order valence-electron chi connectivity index (χ4n) is 3.16. The standard InChI is InChI=1S/C20H15ClN2O7S3.Na/c1-10-13-8-12(21)4-6-16(13)31-20(10)33(28,29)23-14-5-3-11(7-17(14)32(2,26)27)18-22-15(9-30-18)19(24)25;/h3-9,23H,1-2H3,(H,24,25);/q;+1/p-1. The summed E-state index contributed by atoms with van der Waals surface area (Å²) >= 11 is 7.06. The quantitative estimate of drug-likeness (QED) is 0.334. The molecule has 0 saturated carbocycles. The Morgan fingerprint density at radius 1 is 1.15 bits per heavy atom. The van der Waals surface area contributed by atoms with Gasteiger partial charge >= 0.3 is 29.6 Å². The molecule has 0 radical (unpaired) electrons. The summed E-state index contributed by atoms with van der Waals surface area (Å²) in [5, 5.41) is 12.1. The number of thiophene rings is 1. The Labute approximate surface area is 226 Å². The van der Waals surface area contributed by atoms with Gasteiger partial charge in [0.05, 0.1) is 16.6 Å². The van der Waals surface area contributed by atoms with E-state index in [1.807, 2.05) is 0 Å². The topological polar surface area (TPSA) is 146 Å². The summed E-state index contributed by atoms with van der Waals surface area (Å²) in [7, 11) is -8.06. The van der Waals surface area contributed by atoms with Crippen LogP contribution in [0, 0.1) is 6.92 Å². The monoisotopic (exact) mass is 548 g/mol. The molecule has 34 heavy (non-hydrogen) atoms. The maximum atomic E-state index is 13.2. The molecule has 2 aromatic carbocycles. The van der Waals surface area contributed by atoms with Crippen LogP contribution in [0.5, 0.6) is 0 Å². The summed E-state index contributed by atoms with van der Waals surface area (Å²) < 4.78 is 59.3. The molecule has 0 fully saturated rings. The van der Waals surface area contributed by atoms with Crippen LogP contribution in [0.15, 0.2) is 56.2 Å². The molecule has 0 aliphatic carbocycles. The van der Waals surface area contributed by atoms with Crippen molar-refractivity contribution in [1.82, 2.24) is 4.98 Å². The minimum atomic E-state index is -4.15. The number of sulfonamides is 1. The van der Waals surface area contributed by atoms with E-state index in [9.17, 15) is 26.7 Å². The first-order chi connectivity index (χ1) is 15.4. The molecule has 9 nitrogen and oxygen atoms in total. The van der Waals surface area contributed by atoms with Crippen LogP contribution in [0.1, 0.15) is 16.1 Å². The predicted molar refractivity (Wildman–Crippen MR) is 122 cm³/mol. The van der Waals surface area contributed by atoms with E-state index < -0.39 is 31.5 Å². The van der Waals surface area contributed by atoms with E-state index >= 15 is 0 Å². The van der Waals surface area contributed by atoms with Crippen LogP contribution in [-0.4, -0.2) is 34.0 Å². The van der Waals surface area contributed by atoms with Gasteiger partial charge in [-0.15, -0.1) is 11.3 Å². The third-order valence-corrected chi connectivity index (χ3v) is 9.31. The molecule has 4 aromatic rings. The summed E-state index contributed by atoms with van der Waals surface area (Å²) in [6.07, 6.45) is 1.77. The average molecular weight is 549 g/mol. The number of hydrogen-bond acceptors (Lipinski definition) is 9. The number of sulfone groups is 1. The van der Waals surface area contributed by atoms with Crippen molar-refractivity contribution in [3.63, 3.8) is 0 Å². The molecule has 14 heteroatoms. The van der Waals surface area contributed by atoms with E-state index in [0.29, 0.717) is 20.7 Å². The number of aromatic carboxylic acids is 1. The smallest absolute Gasteiger partial charge is 0.543 e. The van der Waals surface area contributed by atoms with Crippen molar-refractivity contribution in [2.45, 2.75) is 16.0 Å². The largest absolute Gasteiger partial charge is 1.00 e. The van der Waals surface area contributed by atoms with Gasteiger partial charge in [-0.05, 0) is 54.3 Å². The normalized spacial score (nSPS) is 11.9. The van der Waals surface area contributed by atoms with Gasteiger partial charge in [0.1, 0.15) is 16.2 Å². The first-order valence-corrected chi connectivity index (χ1v) is 13.7. The van der Waals surface area contributed by atoms with E-state index in [1.54, 1.807) is 25.1 Å². The van der Waals surface area contributed by atoms with Gasteiger partial charge in [-0.3, -0.25) is 4.72 Å². The average Bonchev–Trinajstić information content (AvgIpc) is 3.33. The number of benzene rings is 2. The molecular formula is C20H14ClN2NaO7S3. The fourth-order valence-corrected chi connectivity index (χ4v) is 7.09. The number of carboxylic acid groups (broad SMARTS) is 1. The van der Waals surface area contributed by atoms with Crippen LogP contribution in [0.25, 0.3) is 21.5 Å². The number of oxazole rings is 1. The molecule has 0 amide bonds. The molecule has 4 rings (SSSR count). The SMILES string of the molecule is Cc1c(S(=O)(=O)Nc2ccc(-c3nc(C(=O)[O-])co3)cc2S(C)(=O)=O)sc2ccc(Cl)cc12.[Na+]. The number of rotatable bonds is 6. The van der Waals surface area contributed by atoms with E-state index in [1.165, 1.54) is 12.1 Å². The number of aromatic nitrogens is 1. The van der Waals surface area contributed by atoms with Gasteiger partial charge in [0, 0.05) is 21.5 Å². The number of nitrogens with zero attached hydrogens (tertiary/aromatic N) is 1. The number of carbonyl (C=O) groups is 1. The summed E-state index contributed by atoms with van der Waals surface area (Å²) in [4.78, 5) is 14.3. The van der Waals surface area contributed by atoms with Gasteiger partial charge in [-0.2, -0.15) is 0 Å². The second-order valence-electron chi connectivity index (χ2n) is 7.07. The number of hydrogen-bond donors (Lipinski definition) is 1. The van der Waals surface area contributed by atoms with Crippen molar-refractivity contribution in [2.24, 2.45) is 0 Å². The van der Waals surface area contributed by atoms with Crippen molar-refractivity contribution in [1.29, 1.82) is 0 Å². The Balaban J connectivity index is 0.00000324. The summed E-state index contributed by atoms with van der Waals surface area (Å²) in [5.41, 5.74) is -0.0190. The van der Waals surface area contributed by atoms with Gasteiger partial charge < -0.3 is 14.3 Å². The maximum absolute atomic E-state index is 13.2. The van der Waals surface area contributed by atoms with Crippen LogP contribution in [0.3, 0.4) is 0 Å². The number of anilines is 1. The van der Waals surface area contributed by atoms with E-state index in [0.717, 1.165) is 29.9 Å². The van der Waals surface area contributed by atoms with Gasteiger partial charge in [-0.25, -0.2) is 21.8 Å². The number of carbonyl (C=O) groups excluding carboxylic acids is 1. The molecule has 0 saturated heterocycles. The molecule has 0 unspecified atom stereocenters. The molecular weight excluding hydrogens is 535 g/mol. The predicted octanol–water partition coefficient (Wildman–Crippen LogP) is 0.0899. The number of carboxylic acids is 1. The third-order valence-electron chi connectivity index (χ3n) is 4.68. The number of fused-ring (bicyclic) bond motifs is 1. The Morgan fingerprint density at radius 2 is 1.85 bits per heavy atom. The summed E-state index contributed by atoms with van der Waals surface area (Å²) in [5.74, 6) is -1.72. The second kappa shape index (κ2) is 9.61. The minimum Gasteiger partial charge on any atom is -0.543 e. The first kappa shape index (κ1) is 26.7. The van der Waals surface area contributed by atoms with Crippen LogP contribution in [0.2, 0.25) is 5.02 Å². The van der Waals surface area contributed by atoms with E-state index in [-0.39, 0.29) is 55.8 Å². The Bertz CT molecular complexity index is 1640. The molecule has 0 spiro atoms. The number of nitrogens with one attached hydrogen (secondary N) is 1. The molecule has 1 N–H and O–H groups in total. The van der Waals surface area contributed by atoms with Crippen molar-refractivity contribution in [3.8, 4) is 11.5 Å². The van der Waals surface area contributed by atoms with Crippen molar-refractivity contribution in [3.05, 3.63) is 58.9 Å². The molecule has 172 valence electrons. The second-order valence-corrected chi connectivity index (χ2v) is 12.4. The maximum Gasteiger partial charge on any atom is 1.00 e. The van der Waals surface area contributed by atoms with Crippen molar-refractivity contribution >= 4 is 64.5 Å². The molecule has 0 aliphatic rings. The van der Waals surface area contributed by atoms with Crippen LogP contribution in [0.4, 0.5) is 5.69 Å². The van der Waals surface area contributed by atoms with Gasteiger partial charge in [0.15, 0.2) is 9.84 Å². The minimum absolute atomic E-state index is 0. The zero-order chi connectivity index (χ0) is 24.1. The molecule has 0 aliphatic heterocycles. The van der Waals surface area contributed by atoms with Gasteiger partial charge in [0.2, 0.25) is 5.89 Å².